The summed E-state index contributed by atoms with van der Waals surface area (Å²) in [6, 6.07) is 19.3. The summed E-state index contributed by atoms with van der Waals surface area (Å²) in [7, 11) is -3.56. The molecule has 1 N–H and O–H groups in total. The van der Waals surface area contributed by atoms with Crippen LogP contribution in [0.1, 0.15) is 72.4 Å². The predicted octanol–water partition coefficient (Wildman–Crippen LogP) is -2.02. The molecular weight excluding hydrogens is 671 g/mol. The summed E-state index contributed by atoms with van der Waals surface area (Å²) in [4.78, 5) is 45.6. The molecule has 1 aliphatic rings. The average Bonchev–Trinajstić information content (AvgIpc) is 3.01. The van der Waals surface area contributed by atoms with Gasteiger partial charge in [0.1, 0.15) is 6.61 Å². The van der Waals surface area contributed by atoms with Crippen molar-refractivity contribution < 1.29 is 151 Å². The van der Waals surface area contributed by atoms with Gasteiger partial charge in [-0.1, -0.05) is 108 Å². The van der Waals surface area contributed by atoms with Crippen molar-refractivity contribution in [1.82, 2.24) is 10.5 Å². The molecule has 0 bridgehead atoms. The third kappa shape index (κ3) is 24.1. The first-order valence-electron chi connectivity index (χ1n) is 14.2. The maximum absolute atomic E-state index is 12.0. The summed E-state index contributed by atoms with van der Waals surface area (Å²) in [6.07, 6.45) is 6.51. The molecule has 0 spiro atoms. The fraction of sp³-hybridized carbons (Fsp3) is 0.516. The zero-order valence-electron chi connectivity index (χ0n) is 28.0. The van der Waals surface area contributed by atoms with Gasteiger partial charge in [-0.25, -0.2) is 10.5 Å². The molecule has 1 saturated heterocycles. The van der Waals surface area contributed by atoms with Crippen LogP contribution < -0.4 is 114 Å². The van der Waals surface area contributed by atoms with Gasteiger partial charge in [0.15, 0.2) is 0 Å². The third-order valence-corrected chi connectivity index (χ3v) is 6.74. The summed E-state index contributed by atoms with van der Waals surface area (Å²) in [5, 5.41) is 9.92. The second-order valence-corrected chi connectivity index (χ2v) is 11.4. The molecule has 1 heterocycles. The molecule has 1 aliphatic heterocycles. The number of unbranched alkanes of at least 4 members (excludes halogenated alkanes) is 2. The fourth-order valence-corrected chi connectivity index (χ4v) is 4.17. The van der Waals surface area contributed by atoms with Crippen molar-refractivity contribution in [2.45, 2.75) is 73.0 Å². The van der Waals surface area contributed by atoms with Crippen molar-refractivity contribution in [3.63, 3.8) is 0 Å². The Morgan fingerprint density at radius 1 is 1.02 bits per heavy atom. The number of rotatable bonds is 17. The number of carbonyl (C=O) groups is 3. The smallest absolute Gasteiger partial charge is 1.00 e. The Balaban J connectivity index is -0.000000333. The second-order valence-electron chi connectivity index (χ2n) is 9.76. The number of hydrogen-bond acceptors (Lipinski definition) is 10. The standard InChI is InChI=1S/C15H23NO5S.C14H19NO2.CH2O3.CH4.2K.H/c1-3-4-10-14(12-21-22(2,18)19)15(17)16-20-11-13-8-6-5-7-9-13;1-2-3-9-13-10-15(14(13)16)17-11-12-7-5-4-6-8-12;2-1-4-3;;;;/h5-9,14H,3-4,10-12H2,1-2H3,(H,16,17);4-8,13H,2-3,9-11H2,1H3;1,3H;1H4;;;/q;;;;2*+1;-1/p-1/t14-;13-;;;;;/m11...../s1. The Morgan fingerprint density at radius 2 is 1.54 bits per heavy atom. The number of hydroxylamine groups is 3. The monoisotopic (exact) mass is 718 g/mol. The Labute approximate surface area is 360 Å². The van der Waals surface area contributed by atoms with E-state index in [1.807, 2.05) is 67.6 Å². The minimum Gasteiger partial charge on any atom is -1.00 e. The van der Waals surface area contributed by atoms with Crippen molar-refractivity contribution in [3.05, 3.63) is 71.8 Å². The molecule has 250 valence electrons. The second kappa shape index (κ2) is 30.9. The van der Waals surface area contributed by atoms with Crippen molar-refractivity contribution in [2.75, 3.05) is 19.4 Å². The van der Waals surface area contributed by atoms with Crippen LogP contribution in [0, 0.1) is 11.8 Å². The molecule has 15 heteroatoms. The zero-order chi connectivity index (χ0) is 31.9. The van der Waals surface area contributed by atoms with Gasteiger partial charge in [-0.2, -0.15) is 8.42 Å². The molecule has 0 unspecified atom stereocenters. The molecular formula is C31H48K2N2O10S. The molecule has 2 aromatic carbocycles. The minimum atomic E-state index is -3.56. The average molecular weight is 719 g/mol. The van der Waals surface area contributed by atoms with Crippen LogP contribution in [-0.4, -0.2) is 51.2 Å². The van der Waals surface area contributed by atoms with E-state index in [1.165, 1.54) is 5.06 Å². The summed E-state index contributed by atoms with van der Waals surface area (Å²) in [6.45, 7) is 5.28. The van der Waals surface area contributed by atoms with E-state index in [2.05, 4.69) is 17.3 Å². The van der Waals surface area contributed by atoms with E-state index < -0.39 is 16.0 Å². The van der Waals surface area contributed by atoms with E-state index in [0.717, 1.165) is 56.0 Å². The van der Waals surface area contributed by atoms with Crippen molar-refractivity contribution >= 4 is 28.4 Å². The van der Waals surface area contributed by atoms with Crippen LogP contribution in [0.3, 0.4) is 0 Å². The van der Waals surface area contributed by atoms with E-state index in [4.69, 9.17) is 23.9 Å². The number of carbonyl (C=O) groups excluding carboxylic acids is 3. The first kappa shape index (κ1) is 50.3. The molecule has 0 saturated carbocycles. The molecule has 0 radical (unpaired) electrons. The first-order valence-corrected chi connectivity index (χ1v) is 16.0. The molecule has 2 aromatic rings. The van der Waals surface area contributed by atoms with Gasteiger partial charge in [0.2, 0.25) is 5.91 Å². The normalized spacial score (nSPS) is 13.7. The molecule has 12 nitrogen and oxygen atoms in total. The van der Waals surface area contributed by atoms with Crippen molar-refractivity contribution in [1.29, 1.82) is 0 Å². The van der Waals surface area contributed by atoms with Gasteiger partial charge in [-0.3, -0.25) is 28.2 Å². The molecule has 2 amide bonds. The summed E-state index contributed by atoms with van der Waals surface area (Å²) < 4.78 is 26.8. The van der Waals surface area contributed by atoms with Gasteiger partial charge in [0, 0.05) is 0 Å². The number of β-lactam (4-membered cyclic amide) rings is 1. The van der Waals surface area contributed by atoms with Crippen LogP contribution in [-0.2, 0) is 56.5 Å². The van der Waals surface area contributed by atoms with E-state index in [1.54, 1.807) is 0 Å². The predicted molar refractivity (Wildman–Crippen MR) is 164 cm³/mol. The maximum atomic E-state index is 12.0. The number of benzene rings is 2. The molecule has 46 heavy (non-hydrogen) atoms. The summed E-state index contributed by atoms with van der Waals surface area (Å²) in [5.74, 6) is -0.571. The maximum Gasteiger partial charge on any atom is 1.00 e. The molecule has 2 atom stereocenters. The minimum absolute atomic E-state index is 0. The third-order valence-electron chi connectivity index (χ3n) is 6.17. The Kier molecular flexibility index (Phi) is 33.8. The van der Waals surface area contributed by atoms with Gasteiger partial charge in [0.25, 0.3) is 22.5 Å². The van der Waals surface area contributed by atoms with Crippen LogP contribution in [0.25, 0.3) is 0 Å². The number of amides is 2. The molecule has 1 fully saturated rings. The quantitative estimate of drug-likeness (QED) is 0.0483. The molecule has 0 aromatic heterocycles. The van der Waals surface area contributed by atoms with Gasteiger partial charge >= 0.3 is 103 Å². The molecule has 0 aliphatic carbocycles. The van der Waals surface area contributed by atoms with Crippen LogP contribution in [0.15, 0.2) is 60.7 Å². The van der Waals surface area contributed by atoms with E-state index in [0.29, 0.717) is 13.0 Å². The van der Waals surface area contributed by atoms with Crippen LogP contribution in [0.4, 0.5) is 0 Å². The van der Waals surface area contributed by atoms with Crippen LogP contribution >= 0.6 is 0 Å². The fourth-order valence-electron chi connectivity index (χ4n) is 3.76. The van der Waals surface area contributed by atoms with Crippen LogP contribution in [0.5, 0.6) is 0 Å². The van der Waals surface area contributed by atoms with Gasteiger partial charge < -0.3 is 11.6 Å². The topological polar surface area (TPSA) is 161 Å². The van der Waals surface area contributed by atoms with Crippen LogP contribution in [0.2, 0.25) is 0 Å². The van der Waals surface area contributed by atoms with Crippen molar-refractivity contribution in [3.8, 4) is 0 Å². The zero-order valence-corrected chi connectivity index (χ0v) is 34.1. The van der Waals surface area contributed by atoms with E-state index in [-0.39, 0.29) is 149 Å². The van der Waals surface area contributed by atoms with E-state index >= 15 is 0 Å². The Hall–Kier alpha value is -0.0873. The van der Waals surface area contributed by atoms with Gasteiger partial charge in [-0.15, -0.1) is 0 Å². The Bertz CT molecular complexity index is 1170. The number of nitrogens with zero attached hydrogens (tertiary/aromatic N) is 1. The SMILES string of the molecule is C.CCCC[C@@H]1CN(OCc2ccccc2)C1=O.CCCC[C@H](COS(C)(=O)=O)C(=O)NOCc1ccccc1.O=CO[O-].[H-].[K+].[K+]. The summed E-state index contributed by atoms with van der Waals surface area (Å²) >= 11 is 0. The molecule has 3 rings (SSSR count). The first-order chi connectivity index (χ1) is 20.6. The van der Waals surface area contributed by atoms with Crippen molar-refractivity contribution in [2.24, 2.45) is 11.8 Å². The largest absolute Gasteiger partial charge is 1.00 e. The van der Waals surface area contributed by atoms with Gasteiger partial charge in [-0.05, 0) is 24.0 Å². The van der Waals surface area contributed by atoms with E-state index in [9.17, 15) is 18.0 Å². The number of nitrogens with one attached hydrogen (secondary N) is 1. The number of hydrogen-bond donors (Lipinski definition) is 1. The van der Waals surface area contributed by atoms with Gasteiger partial charge in [0.05, 0.1) is 37.9 Å². The summed E-state index contributed by atoms with van der Waals surface area (Å²) in [5.41, 5.74) is 4.39. The Morgan fingerprint density at radius 3 is 2.00 bits per heavy atom.